The van der Waals surface area contributed by atoms with Crippen molar-refractivity contribution in [1.82, 2.24) is 19.1 Å². The first-order chi connectivity index (χ1) is 18.3. The molecule has 4 heterocycles. The summed E-state index contributed by atoms with van der Waals surface area (Å²) < 4.78 is 63.3. The van der Waals surface area contributed by atoms with Crippen molar-refractivity contribution in [3.05, 3.63) is 71.4 Å². The van der Waals surface area contributed by atoms with E-state index in [0.717, 1.165) is 22.5 Å². The summed E-state index contributed by atoms with van der Waals surface area (Å²) in [7, 11) is -2.17. The molecule has 3 aliphatic rings. The van der Waals surface area contributed by atoms with E-state index in [2.05, 4.69) is 16.2 Å². The van der Waals surface area contributed by atoms with E-state index >= 15 is 0 Å². The van der Waals surface area contributed by atoms with Gasteiger partial charge < -0.3 is 9.64 Å². The van der Waals surface area contributed by atoms with E-state index in [1.54, 1.807) is 42.3 Å². The van der Waals surface area contributed by atoms with Crippen LogP contribution in [0.25, 0.3) is 11.8 Å². The number of fused-ring (bicyclic) bond motifs is 2. The van der Waals surface area contributed by atoms with Crippen LogP contribution >= 0.6 is 0 Å². The zero-order valence-electron chi connectivity index (χ0n) is 21.1. The lowest BCUT2D eigenvalue weighted by Gasteiger charge is -2.45. The van der Waals surface area contributed by atoms with E-state index in [1.165, 1.54) is 22.6 Å². The molecule has 200 valence electrons. The number of halogens is 2. The van der Waals surface area contributed by atoms with Gasteiger partial charge in [-0.05, 0) is 67.3 Å². The van der Waals surface area contributed by atoms with Crippen LogP contribution in [-0.2, 0) is 21.2 Å². The molecule has 2 fully saturated rings. The maximum Gasteiger partial charge on any atom is 0.244 e. The van der Waals surface area contributed by atoms with Gasteiger partial charge >= 0.3 is 0 Å². The number of sulfonamides is 1. The van der Waals surface area contributed by atoms with E-state index in [-0.39, 0.29) is 23.8 Å². The number of anilines is 1. The van der Waals surface area contributed by atoms with E-state index in [9.17, 15) is 17.2 Å². The van der Waals surface area contributed by atoms with Crippen LogP contribution in [0.2, 0.25) is 0 Å². The van der Waals surface area contributed by atoms with Crippen LogP contribution in [0.1, 0.15) is 24.1 Å². The number of aromatic nitrogens is 3. The minimum Gasteiger partial charge on any atom is -0.384 e. The molecule has 1 unspecified atom stereocenters. The molecule has 0 radical (unpaired) electrons. The maximum atomic E-state index is 13.7. The predicted molar refractivity (Wildman–Crippen MR) is 139 cm³/mol. The molecule has 2 aliphatic heterocycles. The molecular formula is C27H29F2N5O3S. The highest BCUT2D eigenvalue weighted by molar-refractivity contribution is 7.89. The Balaban J connectivity index is 1.27. The van der Waals surface area contributed by atoms with Crippen LogP contribution in [0.15, 0.2) is 59.3 Å². The Hall–Kier alpha value is -3.15. The number of hydrogen-bond acceptors (Lipinski definition) is 6. The first-order valence-electron chi connectivity index (χ1n) is 12.7. The quantitative estimate of drug-likeness (QED) is 0.474. The lowest BCUT2D eigenvalue weighted by molar-refractivity contribution is 0.0733. The summed E-state index contributed by atoms with van der Waals surface area (Å²) in [5.41, 5.74) is 3.26. The predicted octanol–water partition coefficient (Wildman–Crippen LogP) is 3.62. The van der Waals surface area contributed by atoms with Gasteiger partial charge in [0.05, 0.1) is 30.7 Å². The summed E-state index contributed by atoms with van der Waals surface area (Å²) in [4.78, 5) is 6.30. The first kappa shape index (κ1) is 25.1. The number of benzene rings is 1. The van der Waals surface area contributed by atoms with Crippen LogP contribution in [-0.4, -0.2) is 73.6 Å². The number of ether oxygens (including phenoxy) is 1. The Bertz CT molecular complexity index is 1470. The van der Waals surface area contributed by atoms with Crippen molar-refractivity contribution in [3.8, 4) is 5.69 Å². The second-order valence-electron chi connectivity index (χ2n) is 10.3. The monoisotopic (exact) mass is 541 g/mol. The molecule has 11 heteroatoms. The summed E-state index contributed by atoms with van der Waals surface area (Å²) in [6.07, 6.45) is 5.95. The second-order valence-corrected chi connectivity index (χ2v) is 12.2. The highest BCUT2D eigenvalue weighted by Crippen LogP contribution is 2.45. The molecular weight excluding hydrogens is 512 g/mol. The normalized spacial score (nSPS) is 23.7. The standard InChI is InChI=1S/C27H29F2N5O3S/c1-37-18-27-13-19-14-31-34(23-4-2-21(28)3-5-23)25(19)12-20(27)8-11-33(17-27)38(35,36)24-6-7-26(30-15-24)32-10-9-22(29)16-32/h2-7,12,14-15,22H,8-11,13,16-18H2,1H3/t22-,27?/m1/s1. The number of nitrogens with zero attached hydrogens (tertiary/aromatic N) is 5. The first-order valence-corrected chi connectivity index (χ1v) is 14.1. The van der Waals surface area contributed by atoms with E-state index in [1.807, 2.05) is 4.90 Å². The van der Waals surface area contributed by atoms with Gasteiger partial charge in [0.15, 0.2) is 0 Å². The van der Waals surface area contributed by atoms with Crippen molar-refractivity contribution in [2.45, 2.75) is 30.3 Å². The molecule has 0 N–H and O–H groups in total. The summed E-state index contributed by atoms with van der Waals surface area (Å²) in [6.45, 7) is 1.81. The number of hydrogen-bond donors (Lipinski definition) is 0. The molecule has 0 bridgehead atoms. The van der Waals surface area contributed by atoms with Crippen LogP contribution < -0.4 is 4.90 Å². The van der Waals surface area contributed by atoms with Crippen molar-refractivity contribution in [2.75, 3.05) is 44.8 Å². The van der Waals surface area contributed by atoms with Gasteiger partial charge in [0.2, 0.25) is 10.0 Å². The van der Waals surface area contributed by atoms with Gasteiger partial charge in [-0.3, -0.25) is 0 Å². The molecule has 6 rings (SSSR count). The average Bonchev–Trinajstić information content (AvgIpc) is 3.53. The Morgan fingerprint density at radius 3 is 2.63 bits per heavy atom. The van der Waals surface area contributed by atoms with Gasteiger partial charge in [-0.1, -0.05) is 5.57 Å². The number of methoxy groups -OCH3 is 1. The molecule has 38 heavy (non-hydrogen) atoms. The third-order valence-electron chi connectivity index (χ3n) is 7.82. The highest BCUT2D eigenvalue weighted by Gasteiger charge is 2.46. The van der Waals surface area contributed by atoms with Gasteiger partial charge in [-0.25, -0.2) is 26.9 Å². The third-order valence-corrected chi connectivity index (χ3v) is 9.65. The summed E-state index contributed by atoms with van der Waals surface area (Å²) >= 11 is 0. The van der Waals surface area contributed by atoms with Crippen molar-refractivity contribution in [2.24, 2.45) is 5.41 Å². The zero-order valence-corrected chi connectivity index (χ0v) is 21.9. The van der Waals surface area contributed by atoms with Crippen LogP contribution in [0.5, 0.6) is 0 Å². The van der Waals surface area contributed by atoms with Crippen molar-refractivity contribution in [3.63, 3.8) is 0 Å². The van der Waals surface area contributed by atoms with Crippen LogP contribution in [0, 0.1) is 11.2 Å². The fraction of sp³-hybridized carbons (Fsp3) is 0.407. The van der Waals surface area contributed by atoms with Gasteiger partial charge in [0, 0.05) is 38.4 Å². The van der Waals surface area contributed by atoms with E-state index < -0.39 is 21.6 Å². The molecule has 1 aromatic carbocycles. The summed E-state index contributed by atoms with van der Waals surface area (Å²) in [5.74, 6) is 0.275. The minimum atomic E-state index is -3.80. The largest absolute Gasteiger partial charge is 0.384 e. The summed E-state index contributed by atoms with van der Waals surface area (Å²) in [5, 5.41) is 4.55. The molecule has 1 aliphatic carbocycles. The number of pyridine rings is 1. The molecule has 2 saturated heterocycles. The third kappa shape index (κ3) is 4.32. The Morgan fingerprint density at radius 2 is 1.95 bits per heavy atom. The van der Waals surface area contributed by atoms with Crippen LogP contribution in [0.4, 0.5) is 14.6 Å². The summed E-state index contributed by atoms with van der Waals surface area (Å²) in [6, 6.07) is 9.40. The van der Waals surface area contributed by atoms with Crippen molar-refractivity contribution < 1.29 is 21.9 Å². The Labute approximate surface area is 220 Å². The lowest BCUT2D eigenvalue weighted by Crippen LogP contribution is -2.51. The molecule has 0 amide bonds. The van der Waals surface area contributed by atoms with Gasteiger partial charge in [0.25, 0.3) is 0 Å². The zero-order chi connectivity index (χ0) is 26.5. The fourth-order valence-electron chi connectivity index (χ4n) is 5.88. The molecule has 0 saturated carbocycles. The van der Waals surface area contributed by atoms with Crippen LogP contribution in [0.3, 0.4) is 0 Å². The molecule has 8 nitrogen and oxygen atoms in total. The number of alkyl halides is 1. The average molecular weight is 542 g/mol. The lowest BCUT2D eigenvalue weighted by atomic mass is 9.69. The SMILES string of the molecule is COCC12Cc3cnn(-c4ccc(F)cc4)c3C=C1CCN(S(=O)(=O)c1ccc(N3CC[C@@H](F)C3)nc1)C2. The highest BCUT2D eigenvalue weighted by atomic mass is 32.2. The molecule has 2 atom stereocenters. The van der Waals surface area contributed by atoms with Gasteiger partial charge in [0.1, 0.15) is 22.7 Å². The Kier molecular flexibility index (Phi) is 6.32. The van der Waals surface area contributed by atoms with Crippen molar-refractivity contribution >= 4 is 21.9 Å². The maximum absolute atomic E-state index is 13.7. The fourth-order valence-corrected chi connectivity index (χ4v) is 7.35. The van der Waals surface area contributed by atoms with Crippen molar-refractivity contribution in [1.29, 1.82) is 0 Å². The molecule has 3 aromatic rings. The van der Waals surface area contributed by atoms with E-state index in [0.29, 0.717) is 44.8 Å². The Morgan fingerprint density at radius 1 is 1.13 bits per heavy atom. The minimum absolute atomic E-state index is 0.123. The molecule has 0 spiro atoms. The van der Waals surface area contributed by atoms with Gasteiger partial charge in [-0.2, -0.15) is 9.40 Å². The second kappa shape index (κ2) is 9.55. The smallest absolute Gasteiger partial charge is 0.244 e. The molecule has 2 aromatic heterocycles. The number of rotatable bonds is 6. The van der Waals surface area contributed by atoms with E-state index in [4.69, 9.17) is 4.74 Å². The topological polar surface area (TPSA) is 80.6 Å². The van der Waals surface area contributed by atoms with Gasteiger partial charge in [-0.15, -0.1) is 0 Å². The number of piperidine rings is 1.